The van der Waals surface area contributed by atoms with Crippen LogP contribution in [0.15, 0.2) is 0 Å². The first-order valence-corrected chi connectivity index (χ1v) is 16.6. The van der Waals surface area contributed by atoms with Crippen molar-refractivity contribution < 1.29 is 69.0 Å². The first-order chi connectivity index (χ1) is 21.6. The van der Waals surface area contributed by atoms with Crippen LogP contribution in [-0.2, 0) is 33.2 Å². The molecule has 0 spiro atoms. The number of unbranched alkanes of at least 4 members (excludes halogenated alkanes) is 9. The molecule has 7 N–H and O–H groups in total. The van der Waals surface area contributed by atoms with Crippen molar-refractivity contribution in [1.82, 2.24) is 0 Å². The Kier molecular flexibility index (Phi) is 20.1. The third-order valence-corrected chi connectivity index (χ3v) is 8.12. The van der Waals surface area contributed by atoms with E-state index in [1.807, 2.05) is 6.92 Å². The summed E-state index contributed by atoms with van der Waals surface area (Å²) in [7, 11) is 0. The van der Waals surface area contributed by atoms with E-state index >= 15 is 0 Å². The molecule has 14 heteroatoms. The molecule has 2 heterocycles. The Balaban J connectivity index is 1.89. The van der Waals surface area contributed by atoms with Crippen LogP contribution in [0.4, 0.5) is 0 Å². The van der Waals surface area contributed by atoms with Gasteiger partial charge in [-0.1, -0.05) is 71.6 Å². The van der Waals surface area contributed by atoms with E-state index in [1.165, 1.54) is 32.1 Å². The lowest BCUT2D eigenvalue weighted by molar-refractivity contribution is -0.332. The highest BCUT2D eigenvalue weighted by Gasteiger charge is 2.47. The second kappa shape index (κ2) is 22.5. The van der Waals surface area contributed by atoms with Crippen molar-refractivity contribution in [2.24, 2.45) is 0 Å². The van der Waals surface area contributed by atoms with Gasteiger partial charge in [-0.05, 0) is 12.8 Å². The fraction of sp³-hybridized carbons (Fsp3) is 0.968. The summed E-state index contributed by atoms with van der Waals surface area (Å²) < 4.78 is 33.5. The quantitative estimate of drug-likeness (QED) is 0.0582. The van der Waals surface area contributed by atoms with Crippen LogP contribution in [0, 0.1) is 0 Å². The summed E-state index contributed by atoms with van der Waals surface area (Å²) in [6.07, 6.45) is -4.08. The SMILES string of the molecule is CCCCCCCCCCOCC(COC1OC(COC2OC(CO)C(O)C(O)C2O)C(O)C(O)C1O)OC(=O)CCCCC. The van der Waals surface area contributed by atoms with E-state index in [-0.39, 0.29) is 19.6 Å². The van der Waals surface area contributed by atoms with Gasteiger partial charge in [-0.15, -0.1) is 0 Å². The molecule has 2 rings (SSSR count). The van der Waals surface area contributed by atoms with Crippen molar-refractivity contribution >= 4 is 5.97 Å². The molecular weight excluding hydrogens is 596 g/mol. The number of aliphatic hydroxyl groups is 7. The van der Waals surface area contributed by atoms with E-state index in [4.69, 9.17) is 28.4 Å². The number of carbonyl (C=O) groups excluding carboxylic acids is 1. The smallest absolute Gasteiger partial charge is 0.306 e. The average Bonchev–Trinajstić information content (AvgIpc) is 3.03. The van der Waals surface area contributed by atoms with E-state index < -0.39 is 86.7 Å². The first-order valence-electron chi connectivity index (χ1n) is 16.6. The van der Waals surface area contributed by atoms with Gasteiger partial charge in [-0.25, -0.2) is 0 Å². The predicted octanol–water partition coefficient (Wildman–Crippen LogP) is 0.277. The Hall–Kier alpha value is -1.01. The molecule has 266 valence electrons. The summed E-state index contributed by atoms with van der Waals surface area (Å²) in [6.45, 7) is 3.43. The van der Waals surface area contributed by atoms with E-state index in [2.05, 4.69) is 6.92 Å². The zero-order chi connectivity index (χ0) is 33.2. The second-order valence-corrected chi connectivity index (χ2v) is 12.0. The van der Waals surface area contributed by atoms with Crippen LogP contribution in [0.25, 0.3) is 0 Å². The number of carbonyl (C=O) groups is 1. The third kappa shape index (κ3) is 13.9. The largest absolute Gasteiger partial charge is 0.457 e. The number of esters is 1. The van der Waals surface area contributed by atoms with E-state index in [1.54, 1.807) is 0 Å². The van der Waals surface area contributed by atoms with Crippen LogP contribution in [-0.4, -0.2) is 142 Å². The number of hydrogen-bond donors (Lipinski definition) is 7. The zero-order valence-electron chi connectivity index (χ0n) is 26.9. The summed E-state index contributed by atoms with van der Waals surface area (Å²) in [5.41, 5.74) is 0. The lowest BCUT2D eigenvalue weighted by Gasteiger charge is -2.42. The molecule has 2 saturated heterocycles. The lowest BCUT2D eigenvalue weighted by atomic mass is 9.98. The van der Waals surface area contributed by atoms with Gasteiger partial charge in [-0.3, -0.25) is 4.79 Å². The molecule has 14 nitrogen and oxygen atoms in total. The minimum atomic E-state index is -1.69. The summed E-state index contributed by atoms with van der Waals surface area (Å²) >= 11 is 0. The van der Waals surface area contributed by atoms with Crippen molar-refractivity contribution in [3.63, 3.8) is 0 Å². The van der Waals surface area contributed by atoms with Gasteiger partial charge in [0, 0.05) is 13.0 Å². The van der Waals surface area contributed by atoms with Crippen molar-refractivity contribution in [2.45, 2.75) is 158 Å². The molecule has 2 aliphatic rings. The lowest BCUT2D eigenvalue weighted by Crippen LogP contribution is -2.61. The average molecular weight is 655 g/mol. The Morgan fingerprint density at radius 2 is 1.18 bits per heavy atom. The maximum atomic E-state index is 12.4. The fourth-order valence-electron chi connectivity index (χ4n) is 5.22. The van der Waals surface area contributed by atoms with Gasteiger partial charge in [0.2, 0.25) is 0 Å². The maximum Gasteiger partial charge on any atom is 0.306 e. The summed E-state index contributed by atoms with van der Waals surface area (Å²) in [5, 5.41) is 71.0. The molecule has 0 aromatic rings. The van der Waals surface area contributed by atoms with Crippen LogP contribution in [0.5, 0.6) is 0 Å². The number of aliphatic hydroxyl groups excluding tert-OH is 7. The highest BCUT2D eigenvalue weighted by atomic mass is 16.7. The molecule has 45 heavy (non-hydrogen) atoms. The van der Waals surface area contributed by atoms with Gasteiger partial charge in [0.25, 0.3) is 0 Å². The molecule has 11 unspecified atom stereocenters. The molecule has 0 amide bonds. The third-order valence-electron chi connectivity index (χ3n) is 8.12. The topological polar surface area (TPSA) is 214 Å². The standard InChI is InChI=1S/C31H58O14/c1-3-5-7-8-9-10-11-13-15-40-17-20(43-23(33)14-12-6-4-2)18-41-30-29(39)27(37)25(35)22(45-30)19-42-31-28(38)26(36)24(34)21(16-32)44-31/h20-22,24-32,34-39H,3-19H2,1-2H3. The predicted molar refractivity (Wildman–Crippen MR) is 160 cm³/mol. The van der Waals surface area contributed by atoms with Crippen molar-refractivity contribution in [3.05, 3.63) is 0 Å². The van der Waals surface area contributed by atoms with Crippen molar-refractivity contribution in [3.8, 4) is 0 Å². The van der Waals surface area contributed by atoms with E-state index in [9.17, 15) is 40.5 Å². The normalized spacial score (nSPS) is 32.8. The second-order valence-electron chi connectivity index (χ2n) is 12.0. The van der Waals surface area contributed by atoms with Crippen LogP contribution in [0.3, 0.4) is 0 Å². The summed E-state index contributed by atoms with van der Waals surface area (Å²) in [5.74, 6) is -0.404. The molecule has 0 saturated carbocycles. The molecule has 11 atom stereocenters. The Morgan fingerprint density at radius 1 is 0.644 bits per heavy atom. The van der Waals surface area contributed by atoms with Crippen molar-refractivity contribution in [1.29, 1.82) is 0 Å². The minimum absolute atomic E-state index is 0.0632. The number of hydrogen-bond acceptors (Lipinski definition) is 14. The maximum absolute atomic E-state index is 12.4. The van der Waals surface area contributed by atoms with Gasteiger partial charge in [0.15, 0.2) is 12.6 Å². The Labute approximate surface area is 266 Å². The first kappa shape index (κ1) is 40.2. The minimum Gasteiger partial charge on any atom is -0.457 e. The summed E-state index contributed by atoms with van der Waals surface area (Å²) in [6, 6.07) is 0. The monoisotopic (exact) mass is 654 g/mol. The van der Waals surface area contributed by atoms with Gasteiger partial charge in [-0.2, -0.15) is 0 Å². The van der Waals surface area contributed by atoms with E-state index in [0.717, 1.165) is 32.1 Å². The van der Waals surface area contributed by atoms with Gasteiger partial charge >= 0.3 is 5.97 Å². The molecule has 2 fully saturated rings. The molecule has 0 aliphatic carbocycles. The molecule has 0 aromatic carbocycles. The fourth-order valence-corrected chi connectivity index (χ4v) is 5.22. The van der Waals surface area contributed by atoms with Crippen LogP contribution < -0.4 is 0 Å². The van der Waals surface area contributed by atoms with Gasteiger partial charge < -0.3 is 64.2 Å². The Bertz CT molecular complexity index is 773. The van der Waals surface area contributed by atoms with Crippen LogP contribution in [0.2, 0.25) is 0 Å². The van der Waals surface area contributed by atoms with Crippen molar-refractivity contribution in [2.75, 3.05) is 33.0 Å². The highest BCUT2D eigenvalue weighted by Crippen LogP contribution is 2.26. The zero-order valence-corrected chi connectivity index (χ0v) is 26.9. The Morgan fingerprint density at radius 3 is 1.80 bits per heavy atom. The molecule has 0 radical (unpaired) electrons. The van der Waals surface area contributed by atoms with Crippen LogP contribution >= 0.6 is 0 Å². The number of rotatable bonds is 23. The molecule has 2 aliphatic heterocycles. The molecule has 0 bridgehead atoms. The van der Waals surface area contributed by atoms with Crippen LogP contribution in [0.1, 0.15) is 90.9 Å². The highest BCUT2D eigenvalue weighted by molar-refractivity contribution is 5.69. The molecule has 0 aromatic heterocycles. The van der Waals surface area contributed by atoms with Gasteiger partial charge in [0.05, 0.1) is 26.4 Å². The van der Waals surface area contributed by atoms with Gasteiger partial charge in [0.1, 0.15) is 54.9 Å². The summed E-state index contributed by atoms with van der Waals surface area (Å²) in [4.78, 5) is 12.4. The van der Waals surface area contributed by atoms with E-state index in [0.29, 0.717) is 13.0 Å². The molecular formula is C31H58O14. The number of ether oxygens (including phenoxy) is 6.